The topological polar surface area (TPSA) is 101 Å². The lowest BCUT2D eigenvalue weighted by Gasteiger charge is -2.12. The van der Waals surface area contributed by atoms with Gasteiger partial charge in [0.15, 0.2) is 0 Å². The van der Waals surface area contributed by atoms with Crippen molar-refractivity contribution in [3.05, 3.63) is 33.3 Å². The lowest BCUT2D eigenvalue weighted by Crippen LogP contribution is -2.36. The molecule has 1 atom stereocenters. The summed E-state index contributed by atoms with van der Waals surface area (Å²) in [5.74, 6) is 0. The van der Waals surface area contributed by atoms with E-state index in [2.05, 4.69) is 10.0 Å². The molecule has 19 heavy (non-hydrogen) atoms. The molecule has 1 aliphatic rings. The van der Waals surface area contributed by atoms with Crippen LogP contribution in [0.2, 0.25) is 5.02 Å². The lowest BCUT2D eigenvalue weighted by atomic mass is 10.3. The molecule has 0 saturated carbocycles. The molecule has 1 heterocycles. The average Bonchev–Trinajstić information content (AvgIpc) is 2.80. The zero-order valence-electron chi connectivity index (χ0n) is 9.80. The third-order valence-corrected chi connectivity index (χ3v) is 4.80. The van der Waals surface area contributed by atoms with Crippen molar-refractivity contribution in [1.82, 2.24) is 10.0 Å². The molecule has 0 amide bonds. The molecule has 0 aromatic heterocycles. The maximum Gasteiger partial charge on any atom is 0.271 e. The minimum absolute atomic E-state index is 0.147. The van der Waals surface area contributed by atoms with Crippen molar-refractivity contribution in [2.75, 3.05) is 13.1 Å². The Morgan fingerprint density at radius 3 is 2.74 bits per heavy atom. The molecule has 1 aromatic rings. The van der Waals surface area contributed by atoms with Gasteiger partial charge in [0, 0.05) is 24.7 Å². The van der Waals surface area contributed by atoms with E-state index in [9.17, 15) is 18.5 Å². The predicted octanol–water partition coefficient (Wildman–Crippen LogP) is 0.888. The van der Waals surface area contributed by atoms with Gasteiger partial charge in [0.25, 0.3) is 5.69 Å². The smallest absolute Gasteiger partial charge is 0.271 e. The molecule has 104 valence electrons. The Bertz CT molecular complexity index is 599. The molecule has 0 aliphatic carbocycles. The van der Waals surface area contributed by atoms with Gasteiger partial charge in [0.05, 0.1) is 9.95 Å². The average molecular weight is 306 g/mol. The quantitative estimate of drug-likeness (QED) is 0.635. The number of halogens is 1. The lowest BCUT2D eigenvalue weighted by molar-refractivity contribution is -0.384. The first kappa shape index (κ1) is 14.2. The summed E-state index contributed by atoms with van der Waals surface area (Å²) in [5, 5.41) is 13.4. The van der Waals surface area contributed by atoms with Crippen LogP contribution in [0.1, 0.15) is 6.42 Å². The Morgan fingerprint density at radius 1 is 1.47 bits per heavy atom. The van der Waals surface area contributed by atoms with Gasteiger partial charge in [0.1, 0.15) is 4.90 Å². The molecule has 0 radical (unpaired) electrons. The molecule has 2 rings (SSSR count). The maximum atomic E-state index is 12.1. The van der Waals surface area contributed by atoms with Gasteiger partial charge in [-0.05, 0) is 19.0 Å². The van der Waals surface area contributed by atoms with Crippen molar-refractivity contribution >= 4 is 27.3 Å². The number of nitro groups is 1. The number of sulfonamides is 1. The first-order valence-corrected chi connectivity index (χ1v) is 7.43. The van der Waals surface area contributed by atoms with Crippen LogP contribution in [0, 0.1) is 10.1 Å². The van der Waals surface area contributed by atoms with Gasteiger partial charge in [-0.2, -0.15) is 0 Å². The molecule has 9 heteroatoms. The summed E-state index contributed by atoms with van der Waals surface area (Å²) < 4.78 is 26.7. The van der Waals surface area contributed by atoms with Gasteiger partial charge >= 0.3 is 0 Å². The highest BCUT2D eigenvalue weighted by molar-refractivity contribution is 7.89. The van der Waals surface area contributed by atoms with E-state index in [0.29, 0.717) is 13.0 Å². The third-order valence-electron chi connectivity index (χ3n) is 2.80. The van der Waals surface area contributed by atoms with Crippen molar-refractivity contribution in [1.29, 1.82) is 0 Å². The molecule has 7 nitrogen and oxygen atoms in total. The fraction of sp³-hybridized carbons (Fsp3) is 0.400. The minimum atomic E-state index is -3.76. The number of hydrogen-bond acceptors (Lipinski definition) is 5. The third kappa shape index (κ3) is 3.21. The molecule has 1 saturated heterocycles. The Balaban J connectivity index is 2.27. The molecule has 0 spiro atoms. The first-order valence-electron chi connectivity index (χ1n) is 5.57. The van der Waals surface area contributed by atoms with E-state index in [1.54, 1.807) is 0 Å². The van der Waals surface area contributed by atoms with E-state index in [0.717, 1.165) is 24.7 Å². The van der Waals surface area contributed by atoms with Crippen LogP contribution in [0.4, 0.5) is 5.69 Å². The number of nitrogens with zero attached hydrogens (tertiary/aromatic N) is 1. The summed E-state index contributed by atoms with van der Waals surface area (Å²) in [6.45, 7) is 1.31. The van der Waals surface area contributed by atoms with Gasteiger partial charge in [-0.15, -0.1) is 0 Å². The number of benzene rings is 1. The highest BCUT2D eigenvalue weighted by Crippen LogP contribution is 2.26. The summed E-state index contributed by atoms with van der Waals surface area (Å²) >= 11 is 5.80. The van der Waals surface area contributed by atoms with E-state index in [4.69, 9.17) is 11.6 Å². The van der Waals surface area contributed by atoms with Crippen LogP contribution in [-0.2, 0) is 10.0 Å². The predicted molar refractivity (Wildman–Crippen MR) is 69.7 cm³/mol. The van der Waals surface area contributed by atoms with Crippen molar-refractivity contribution in [2.24, 2.45) is 0 Å². The Hall–Kier alpha value is -1.22. The van der Waals surface area contributed by atoms with E-state index in [-0.39, 0.29) is 21.6 Å². The van der Waals surface area contributed by atoms with Crippen LogP contribution < -0.4 is 10.0 Å². The number of nitro benzene ring substituents is 1. The summed E-state index contributed by atoms with van der Waals surface area (Å²) in [7, 11) is -3.76. The van der Waals surface area contributed by atoms with Gasteiger partial charge < -0.3 is 5.32 Å². The maximum absolute atomic E-state index is 12.1. The molecule has 0 unspecified atom stereocenters. The van der Waals surface area contributed by atoms with Crippen LogP contribution in [0.25, 0.3) is 0 Å². The first-order chi connectivity index (χ1) is 8.90. The normalized spacial score (nSPS) is 19.5. The van der Waals surface area contributed by atoms with Crippen molar-refractivity contribution in [3.8, 4) is 0 Å². The number of rotatable bonds is 4. The zero-order chi connectivity index (χ0) is 14.0. The molecular weight excluding hydrogens is 294 g/mol. The Kier molecular flexibility index (Phi) is 4.04. The molecule has 0 bridgehead atoms. The van der Waals surface area contributed by atoms with Crippen LogP contribution in [0.5, 0.6) is 0 Å². The van der Waals surface area contributed by atoms with Crippen LogP contribution >= 0.6 is 11.6 Å². The molecular formula is C10H12ClN3O4S. The highest BCUT2D eigenvalue weighted by Gasteiger charge is 2.25. The summed E-state index contributed by atoms with van der Waals surface area (Å²) in [6.07, 6.45) is 0.698. The summed E-state index contributed by atoms with van der Waals surface area (Å²) in [5.41, 5.74) is -0.244. The van der Waals surface area contributed by atoms with E-state index in [1.807, 2.05) is 0 Å². The standard InChI is InChI=1S/C10H12ClN3O4S/c11-9-5-8(14(15)16)1-2-10(9)19(17,18)13-7-3-4-12-6-7/h1-2,5,7,12-13H,3-4,6H2/t7-/m1/s1. The fourth-order valence-electron chi connectivity index (χ4n) is 1.86. The summed E-state index contributed by atoms with van der Waals surface area (Å²) in [4.78, 5) is 9.79. The van der Waals surface area contributed by atoms with E-state index < -0.39 is 14.9 Å². The van der Waals surface area contributed by atoms with Gasteiger partial charge in [-0.1, -0.05) is 11.6 Å². The van der Waals surface area contributed by atoms with Gasteiger partial charge in [0.2, 0.25) is 10.0 Å². The summed E-state index contributed by atoms with van der Waals surface area (Å²) in [6, 6.07) is 3.11. The second-order valence-corrected chi connectivity index (χ2v) is 6.27. The van der Waals surface area contributed by atoms with E-state index >= 15 is 0 Å². The zero-order valence-corrected chi connectivity index (χ0v) is 11.4. The molecule has 1 aromatic carbocycles. The second kappa shape index (κ2) is 5.41. The molecule has 1 aliphatic heterocycles. The van der Waals surface area contributed by atoms with Gasteiger partial charge in [-0.3, -0.25) is 10.1 Å². The van der Waals surface area contributed by atoms with Crippen molar-refractivity contribution < 1.29 is 13.3 Å². The number of hydrogen-bond donors (Lipinski definition) is 2. The SMILES string of the molecule is O=[N+]([O-])c1ccc(S(=O)(=O)N[C@@H]2CCNC2)c(Cl)c1. The fourth-order valence-corrected chi connectivity index (χ4v) is 3.67. The Morgan fingerprint density at radius 2 is 2.21 bits per heavy atom. The molecule has 1 fully saturated rings. The second-order valence-electron chi connectivity index (χ2n) is 4.18. The van der Waals surface area contributed by atoms with Crippen LogP contribution in [-0.4, -0.2) is 32.5 Å². The van der Waals surface area contributed by atoms with Crippen LogP contribution in [0.15, 0.2) is 23.1 Å². The van der Waals surface area contributed by atoms with E-state index in [1.165, 1.54) is 0 Å². The number of nitrogens with one attached hydrogen (secondary N) is 2. The Labute approximate surface area is 115 Å². The number of non-ortho nitro benzene ring substituents is 1. The largest absolute Gasteiger partial charge is 0.315 e. The van der Waals surface area contributed by atoms with Crippen molar-refractivity contribution in [3.63, 3.8) is 0 Å². The van der Waals surface area contributed by atoms with Gasteiger partial charge in [-0.25, -0.2) is 13.1 Å². The minimum Gasteiger partial charge on any atom is -0.315 e. The highest BCUT2D eigenvalue weighted by atomic mass is 35.5. The van der Waals surface area contributed by atoms with Crippen LogP contribution in [0.3, 0.4) is 0 Å². The molecule has 2 N–H and O–H groups in total. The van der Waals surface area contributed by atoms with Crippen molar-refractivity contribution in [2.45, 2.75) is 17.4 Å². The monoisotopic (exact) mass is 305 g/mol.